The maximum atomic E-state index is 12.0. The summed E-state index contributed by atoms with van der Waals surface area (Å²) in [7, 11) is 0. The number of likely N-dealkylation sites (tertiary alicyclic amines) is 1. The number of amides is 2. The molecule has 0 saturated carbocycles. The Morgan fingerprint density at radius 2 is 2.14 bits per heavy atom. The number of benzene rings is 1. The van der Waals surface area contributed by atoms with E-state index in [9.17, 15) is 9.90 Å². The minimum atomic E-state index is -0.321. The number of rotatable bonds is 1. The number of aliphatic imine (C=N–C) groups is 1. The maximum Gasteiger partial charge on any atom is 0.324 e. The number of piperidine rings is 1. The van der Waals surface area contributed by atoms with Gasteiger partial charge in [0.2, 0.25) is 11.1 Å². The molecule has 8 heteroatoms. The van der Waals surface area contributed by atoms with Crippen LogP contribution in [0, 0.1) is 0 Å². The van der Waals surface area contributed by atoms with Gasteiger partial charge in [0, 0.05) is 13.1 Å². The molecule has 1 aliphatic heterocycles. The summed E-state index contributed by atoms with van der Waals surface area (Å²) in [6.07, 6.45) is 0.850. The smallest absolute Gasteiger partial charge is 0.324 e. The van der Waals surface area contributed by atoms with Gasteiger partial charge in [-0.1, -0.05) is 23.5 Å². The molecule has 4 N–H and O–H groups in total. The molecule has 0 unspecified atom stereocenters. The summed E-state index contributed by atoms with van der Waals surface area (Å²) in [6, 6.07) is 7.41. The van der Waals surface area contributed by atoms with Crippen LogP contribution in [0.25, 0.3) is 10.2 Å². The third-order valence-corrected chi connectivity index (χ3v) is 4.42. The Morgan fingerprint density at radius 3 is 2.86 bits per heavy atom. The predicted octanol–water partition coefficient (Wildman–Crippen LogP) is 1.41. The number of nitrogens with zero attached hydrogens (tertiary/aromatic N) is 3. The summed E-state index contributed by atoms with van der Waals surface area (Å²) in [4.78, 5) is 22.1. The van der Waals surface area contributed by atoms with Crippen molar-refractivity contribution in [3.63, 3.8) is 0 Å². The van der Waals surface area contributed by atoms with E-state index in [1.165, 1.54) is 11.3 Å². The van der Waals surface area contributed by atoms with Gasteiger partial charge in [0.05, 0.1) is 16.3 Å². The van der Waals surface area contributed by atoms with Gasteiger partial charge in [-0.05, 0) is 25.0 Å². The summed E-state index contributed by atoms with van der Waals surface area (Å²) in [5, 5.41) is 12.5. The van der Waals surface area contributed by atoms with E-state index in [0.717, 1.165) is 10.2 Å². The number of hydrogen-bond acceptors (Lipinski definition) is 5. The molecule has 22 heavy (non-hydrogen) atoms. The molecule has 0 bridgehead atoms. The molecule has 116 valence electrons. The number of nitrogens with one attached hydrogen (secondary N) is 1. The molecule has 7 nitrogen and oxygen atoms in total. The van der Waals surface area contributed by atoms with Crippen LogP contribution in [0.5, 0.6) is 0 Å². The highest BCUT2D eigenvalue weighted by atomic mass is 32.1. The lowest BCUT2D eigenvalue weighted by Crippen LogP contribution is -2.49. The Balaban J connectivity index is 1.65. The summed E-state index contributed by atoms with van der Waals surface area (Å²) >= 11 is 1.41. The van der Waals surface area contributed by atoms with Crippen molar-refractivity contribution in [1.82, 2.24) is 15.2 Å². The molecule has 1 aromatic carbocycles. The lowest BCUT2D eigenvalue weighted by atomic mass is 10.1. The first kappa shape index (κ1) is 14.7. The normalized spacial score (nSPS) is 17.0. The molecule has 1 aromatic heterocycles. The first-order valence-electron chi connectivity index (χ1n) is 7.05. The summed E-state index contributed by atoms with van der Waals surface area (Å²) in [5.41, 5.74) is 6.63. The fraction of sp³-hybridized carbons (Fsp3) is 0.357. The summed E-state index contributed by atoms with van der Waals surface area (Å²) < 4.78 is 1.02. The second-order valence-electron chi connectivity index (χ2n) is 5.11. The van der Waals surface area contributed by atoms with E-state index >= 15 is 0 Å². The van der Waals surface area contributed by atoms with Gasteiger partial charge in [-0.3, -0.25) is 5.32 Å². The Kier molecular flexibility index (Phi) is 4.21. The number of aromatic nitrogens is 1. The number of hydrogen-bond donors (Lipinski definition) is 3. The molecule has 0 atom stereocenters. The maximum absolute atomic E-state index is 12.0. The molecule has 0 spiro atoms. The number of urea groups is 1. The molecule has 2 aromatic rings. The molecule has 1 saturated heterocycles. The highest BCUT2D eigenvalue weighted by Crippen LogP contribution is 2.27. The van der Waals surface area contributed by atoms with E-state index < -0.39 is 0 Å². The number of guanidine groups is 1. The van der Waals surface area contributed by atoms with Gasteiger partial charge in [0.15, 0.2) is 0 Å². The molecule has 0 aliphatic carbocycles. The van der Waals surface area contributed by atoms with Crippen molar-refractivity contribution in [1.29, 1.82) is 0 Å². The minimum Gasteiger partial charge on any atom is -0.393 e. The number of carbonyl (C=O) groups excluding carboxylic acids is 1. The largest absolute Gasteiger partial charge is 0.393 e. The topological polar surface area (TPSA) is 104 Å². The number of fused-ring (bicyclic) bond motifs is 1. The highest BCUT2D eigenvalue weighted by Gasteiger charge is 2.21. The third-order valence-electron chi connectivity index (χ3n) is 3.49. The number of nitrogens with two attached hydrogens (primary N) is 1. The van der Waals surface area contributed by atoms with Crippen LogP contribution < -0.4 is 11.1 Å². The number of carbonyl (C=O) groups is 1. The van der Waals surface area contributed by atoms with E-state index in [2.05, 4.69) is 15.3 Å². The van der Waals surface area contributed by atoms with Crippen molar-refractivity contribution in [3.05, 3.63) is 24.3 Å². The highest BCUT2D eigenvalue weighted by molar-refractivity contribution is 7.22. The van der Waals surface area contributed by atoms with Gasteiger partial charge in [-0.15, -0.1) is 0 Å². The predicted molar refractivity (Wildman–Crippen MR) is 86.2 cm³/mol. The van der Waals surface area contributed by atoms with Gasteiger partial charge in [0.1, 0.15) is 0 Å². The average molecular weight is 319 g/mol. The fourth-order valence-corrected chi connectivity index (χ4v) is 3.15. The molecule has 0 radical (unpaired) electrons. The van der Waals surface area contributed by atoms with Gasteiger partial charge < -0.3 is 15.7 Å². The minimum absolute atomic E-state index is 0.0233. The zero-order chi connectivity index (χ0) is 15.5. The van der Waals surface area contributed by atoms with Crippen LogP contribution in [0.3, 0.4) is 0 Å². The zero-order valence-corrected chi connectivity index (χ0v) is 12.7. The fourth-order valence-electron chi connectivity index (χ4n) is 2.30. The lowest BCUT2D eigenvalue weighted by Gasteiger charge is -2.29. The van der Waals surface area contributed by atoms with Gasteiger partial charge in [-0.25, -0.2) is 9.78 Å². The van der Waals surface area contributed by atoms with Crippen molar-refractivity contribution in [2.75, 3.05) is 13.1 Å². The average Bonchev–Trinajstić information content (AvgIpc) is 2.89. The van der Waals surface area contributed by atoms with Crippen molar-refractivity contribution < 1.29 is 9.90 Å². The first-order valence-corrected chi connectivity index (χ1v) is 7.87. The monoisotopic (exact) mass is 319 g/mol. The van der Waals surface area contributed by atoms with Gasteiger partial charge >= 0.3 is 6.03 Å². The Labute approximate surface area is 131 Å². The molecule has 1 aliphatic rings. The SMILES string of the molecule is N/C(=N\c1nc2ccccc2s1)NC(=O)N1CCC(O)CC1. The van der Waals surface area contributed by atoms with E-state index in [0.29, 0.717) is 31.1 Å². The van der Waals surface area contributed by atoms with Crippen LogP contribution in [0.15, 0.2) is 29.3 Å². The summed E-state index contributed by atoms with van der Waals surface area (Å²) in [6.45, 7) is 1.03. The Hall–Kier alpha value is -2.19. The van der Waals surface area contributed by atoms with Crippen molar-refractivity contribution in [2.45, 2.75) is 18.9 Å². The number of aliphatic hydroxyl groups excluding tert-OH is 1. The van der Waals surface area contributed by atoms with Crippen LogP contribution >= 0.6 is 11.3 Å². The number of thiazole rings is 1. The van der Waals surface area contributed by atoms with Crippen molar-refractivity contribution in [3.8, 4) is 0 Å². The standard InChI is InChI=1S/C14H17N5O2S/c15-12(18-14(21)19-7-5-9(20)6-8-19)17-13-16-10-3-1-2-4-11(10)22-13/h1-4,9,20H,5-8H2,(H3,15,16,17,18,21). The Morgan fingerprint density at radius 1 is 1.41 bits per heavy atom. The van der Waals surface area contributed by atoms with Crippen LogP contribution in [0.4, 0.5) is 9.93 Å². The zero-order valence-electron chi connectivity index (χ0n) is 11.9. The van der Waals surface area contributed by atoms with E-state index in [4.69, 9.17) is 5.73 Å². The van der Waals surface area contributed by atoms with Crippen LogP contribution in [0.1, 0.15) is 12.8 Å². The lowest BCUT2D eigenvalue weighted by molar-refractivity contribution is 0.0949. The van der Waals surface area contributed by atoms with Crippen molar-refractivity contribution >= 4 is 38.7 Å². The molecular formula is C14H17N5O2S. The molecule has 2 amide bonds. The second-order valence-corrected chi connectivity index (χ2v) is 6.12. The van der Waals surface area contributed by atoms with Gasteiger partial charge in [-0.2, -0.15) is 4.99 Å². The van der Waals surface area contributed by atoms with Crippen LogP contribution in [-0.4, -0.2) is 46.2 Å². The Bertz CT molecular complexity index is 673. The first-order chi connectivity index (χ1) is 10.6. The molecule has 1 fully saturated rings. The quantitative estimate of drug-likeness (QED) is 0.546. The van der Waals surface area contributed by atoms with E-state index in [1.807, 2.05) is 24.3 Å². The van der Waals surface area contributed by atoms with E-state index in [-0.39, 0.29) is 18.1 Å². The summed E-state index contributed by atoms with van der Waals surface area (Å²) in [5.74, 6) is 0.0233. The molecule has 2 heterocycles. The number of aliphatic hydroxyl groups is 1. The van der Waals surface area contributed by atoms with Crippen molar-refractivity contribution in [2.24, 2.45) is 10.7 Å². The van der Waals surface area contributed by atoms with E-state index in [1.54, 1.807) is 4.90 Å². The van der Waals surface area contributed by atoms with Crippen LogP contribution in [0.2, 0.25) is 0 Å². The molecular weight excluding hydrogens is 302 g/mol. The van der Waals surface area contributed by atoms with Crippen LogP contribution in [-0.2, 0) is 0 Å². The number of para-hydroxylation sites is 1. The second kappa shape index (κ2) is 6.29. The third kappa shape index (κ3) is 3.34. The van der Waals surface area contributed by atoms with Gasteiger partial charge in [0.25, 0.3) is 0 Å². The molecule has 3 rings (SSSR count).